The summed E-state index contributed by atoms with van der Waals surface area (Å²) in [5.74, 6) is 0.885. The number of hydrogen-bond donors (Lipinski definition) is 1. The molecule has 0 radical (unpaired) electrons. The van der Waals surface area contributed by atoms with E-state index in [9.17, 15) is 9.90 Å². The van der Waals surface area contributed by atoms with Crippen molar-refractivity contribution in [2.45, 2.75) is 38.9 Å². The molecular formula is C12H21NO3. The molecule has 4 nitrogen and oxygen atoms in total. The number of aliphatic hydroxyl groups is 1. The van der Waals surface area contributed by atoms with Gasteiger partial charge in [-0.3, -0.25) is 4.79 Å². The Morgan fingerprint density at radius 3 is 2.81 bits per heavy atom. The quantitative estimate of drug-likeness (QED) is 0.770. The summed E-state index contributed by atoms with van der Waals surface area (Å²) in [5.41, 5.74) is 0. The SMILES string of the molecule is CC(C)OCC(=O)N1CC2CCC(O)C2C1. The Balaban J connectivity index is 1.82. The number of carbonyl (C=O) groups is 1. The van der Waals surface area contributed by atoms with E-state index < -0.39 is 0 Å². The highest BCUT2D eigenvalue weighted by molar-refractivity contribution is 5.77. The molecule has 0 aromatic carbocycles. The third kappa shape index (κ3) is 2.38. The van der Waals surface area contributed by atoms with Crippen LogP contribution in [-0.2, 0) is 9.53 Å². The lowest BCUT2D eigenvalue weighted by atomic mass is 10.00. The largest absolute Gasteiger partial charge is 0.393 e. The monoisotopic (exact) mass is 227 g/mol. The number of hydrogen-bond acceptors (Lipinski definition) is 3. The molecule has 92 valence electrons. The maximum atomic E-state index is 11.8. The van der Waals surface area contributed by atoms with Crippen LogP contribution >= 0.6 is 0 Å². The number of nitrogens with zero attached hydrogens (tertiary/aromatic N) is 1. The van der Waals surface area contributed by atoms with Gasteiger partial charge < -0.3 is 14.7 Å². The Morgan fingerprint density at radius 2 is 2.19 bits per heavy atom. The lowest BCUT2D eigenvalue weighted by Gasteiger charge is -2.19. The Hall–Kier alpha value is -0.610. The highest BCUT2D eigenvalue weighted by Gasteiger charge is 2.43. The van der Waals surface area contributed by atoms with Gasteiger partial charge in [0, 0.05) is 19.0 Å². The van der Waals surface area contributed by atoms with Gasteiger partial charge >= 0.3 is 0 Å². The Bertz CT molecular complexity index is 267. The maximum Gasteiger partial charge on any atom is 0.248 e. The van der Waals surface area contributed by atoms with Gasteiger partial charge in [0.2, 0.25) is 5.91 Å². The van der Waals surface area contributed by atoms with Crippen molar-refractivity contribution in [3.8, 4) is 0 Å². The van der Waals surface area contributed by atoms with Crippen LogP contribution in [0.1, 0.15) is 26.7 Å². The van der Waals surface area contributed by atoms with Crippen molar-refractivity contribution in [2.24, 2.45) is 11.8 Å². The molecule has 1 aliphatic carbocycles. The molecule has 1 saturated heterocycles. The van der Waals surface area contributed by atoms with Crippen molar-refractivity contribution >= 4 is 5.91 Å². The van der Waals surface area contributed by atoms with Crippen LogP contribution in [0.4, 0.5) is 0 Å². The number of carbonyl (C=O) groups excluding carboxylic acids is 1. The third-order valence-electron chi connectivity index (χ3n) is 3.71. The minimum absolute atomic E-state index is 0.0651. The second kappa shape index (κ2) is 4.72. The summed E-state index contributed by atoms with van der Waals surface area (Å²) in [6, 6.07) is 0. The van der Waals surface area contributed by atoms with Crippen LogP contribution in [0.2, 0.25) is 0 Å². The number of aliphatic hydroxyl groups excluding tert-OH is 1. The van der Waals surface area contributed by atoms with Gasteiger partial charge in [-0.2, -0.15) is 0 Å². The smallest absolute Gasteiger partial charge is 0.248 e. The standard InChI is InChI=1S/C12H21NO3/c1-8(2)16-7-12(15)13-5-9-3-4-11(14)10(9)6-13/h8-11,14H,3-7H2,1-2H3. The van der Waals surface area contributed by atoms with Gasteiger partial charge in [0.25, 0.3) is 0 Å². The van der Waals surface area contributed by atoms with Crippen LogP contribution in [0.3, 0.4) is 0 Å². The molecule has 1 N–H and O–H groups in total. The lowest BCUT2D eigenvalue weighted by Crippen LogP contribution is -2.34. The van der Waals surface area contributed by atoms with E-state index in [4.69, 9.17) is 4.74 Å². The van der Waals surface area contributed by atoms with E-state index in [-0.39, 0.29) is 24.7 Å². The van der Waals surface area contributed by atoms with Crippen molar-refractivity contribution in [1.82, 2.24) is 4.90 Å². The Kier molecular flexibility index (Phi) is 3.50. The van der Waals surface area contributed by atoms with Gasteiger partial charge in [0.15, 0.2) is 0 Å². The van der Waals surface area contributed by atoms with Gasteiger partial charge in [0.05, 0.1) is 12.2 Å². The number of amides is 1. The van der Waals surface area contributed by atoms with Crippen LogP contribution in [0.5, 0.6) is 0 Å². The molecule has 1 saturated carbocycles. The summed E-state index contributed by atoms with van der Waals surface area (Å²) < 4.78 is 5.31. The van der Waals surface area contributed by atoms with Crippen molar-refractivity contribution in [2.75, 3.05) is 19.7 Å². The minimum Gasteiger partial charge on any atom is -0.393 e. The summed E-state index contributed by atoms with van der Waals surface area (Å²) in [4.78, 5) is 13.7. The molecule has 1 heterocycles. The fourth-order valence-corrected chi connectivity index (χ4v) is 2.77. The summed E-state index contributed by atoms with van der Waals surface area (Å²) in [6.07, 6.45) is 1.85. The van der Waals surface area contributed by atoms with Crippen molar-refractivity contribution in [3.05, 3.63) is 0 Å². The van der Waals surface area contributed by atoms with Crippen LogP contribution in [0, 0.1) is 11.8 Å². The van der Waals surface area contributed by atoms with E-state index in [1.807, 2.05) is 18.7 Å². The Labute approximate surface area is 96.6 Å². The lowest BCUT2D eigenvalue weighted by molar-refractivity contribution is -0.136. The van der Waals surface area contributed by atoms with E-state index in [2.05, 4.69) is 0 Å². The fraction of sp³-hybridized carbons (Fsp3) is 0.917. The van der Waals surface area contributed by atoms with E-state index >= 15 is 0 Å². The molecule has 4 heteroatoms. The normalized spacial score (nSPS) is 33.5. The summed E-state index contributed by atoms with van der Waals surface area (Å²) >= 11 is 0. The third-order valence-corrected chi connectivity index (χ3v) is 3.71. The number of ether oxygens (including phenoxy) is 1. The van der Waals surface area contributed by atoms with Crippen LogP contribution in [0.15, 0.2) is 0 Å². The van der Waals surface area contributed by atoms with Gasteiger partial charge in [-0.1, -0.05) is 0 Å². The first-order chi connectivity index (χ1) is 7.58. The topological polar surface area (TPSA) is 49.8 Å². The second-order valence-corrected chi connectivity index (χ2v) is 5.23. The molecule has 16 heavy (non-hydrogen) atoms. The zero-order valence-electron chi connectivity index (χ0n) is 10.1. The van der Waals surface area contributed by atoms with Crippen LogP contribution in [-0.4, -0.2) is 47.8 Å². The fourth-order valence-electron chi connectivity index (χ4n) is 2.77. The van der Waals surface area contributed by atoms with Crippen molar-refractivity contribution in [1.29, 1.82) is 0 Å². The molecule has 0 aromatic rings. The molecular weight excluding hydrogens is 206 g/mol. The van der Waals surface area contributed by atoms with Crippen molar-refractivity contribution in [3.63, 3.8) is 0 Å². The first-order valence-corrected chi connectivity index (χ1v) is 6.15. The molecule has 3 unspecified atom stereocenters. The first kappa shape index (κ1) is 11.9. The van der Waals surface area contributed by atoms with Gasteiger partial charge in [-0.05, 0) is 32.6 Å². The number of rotatable bonds is 3. The van der Waals surface area contributed by atoms with Gasteiger partial charge in [-0.25, -0.2) is 0 Å². The van der Waals surface area contributed by atoms with E-state index in [1.165, 1.54) is 0 Å². The molecule has 2 fully saturated rings. The molecule has 1 aliphatic heterocycles. The average Bonchev–Trinajstić information content (AvgIpc) is 2.78. The van der Waals surface area contributed by atoms with Gasteiger partial charge in [-0.15, -0.1) is 0 Å². The molecule has 2 aliphatic rings. The first-order valence-electron chi connectivity index (χ1n) is 6.15. The molecule has 0 aromatic heterocycles. The minimum atomic E-state index is -0.200. The van der Waals surface area contributed by atoms with Crippen LogP contribution < -0.4 is 0 Å². The number of fused-ring (bicyclic) bond motifs is 1. The summed E-state index contributed by atoms with van der Waals surface area (Å²) in [5, 5.41) is 9.75. The van der Waals surface area contributed by atoms with Crippen molar-refractivity contribution < 1.29 is 14.6 Å². The summed E-state index contributed by atoms with van der Waals surface area (Å²) in [7, 11) is 0. The Morgan fingerprint density at radius 1 is 1.44 bits per heavy atom. The predicted octanol–water partition coefficient (Wildman–Crippen LogP) is 0.641. The molecule has 1 amide bonds. The zero-order chi connectivity index (χ0) is 11.7. The van der Waals surface area contributed by atoms with E-state index in [0.29, 0.717) is 18.4 Å². The summed E-state index contributed by atoms with van der Waals surface area (Å²) in [6.45, 7) is 5.55. The molecule has 3 atom stereocenters. The highest BCUT2D eigenvalue weighted by atomic mass is 16.5. The molecule has 0 bridgehead atoms. The van der Waals surface area contributed by atoms with E-state index in [0.717, 1.165) is 19.4 Å². The zero-order valence-corrected chi connectivity index (χ0v) is 10.1. The van der Waals surface area contributed by atoms with Gasteiger partial charge in [0.1, 0.15) is 6.61 Å². The van der Waals surface area contributed by atoms with Crippen LogP contribution in [0.25, 0.3) is 0 Å². The van der Waals surface area contributed by atoms with E-state index in [1.54, 1.807) is 0 Å². The predicted molar refractivity (Wildman–Crippen MR) is 59.9 cm³/mol. The molecule has 0 spiro atoms. The second-order valence-electron chi connectivity index (χ2n) is 5.23. The average molecular weight is 227 g/mol. The highest BCUT2D eigenvalue weighted by Crippen LogP contribution is 2.37. The maximum absolute atomic E-state index is 11.8. The molecule has 2 rings (SSSR count). The number of likely N-dealkylation sites (tertiary alicyclic amines) is 1.